The lowest BCUT2D eigenvalue weighted by Crippen LogP contribution is -2.49. The maximum atomic E-state index is 13.5. The minimum Gasteiger partial charge on any atom is -0.491 e. The van der Waals surface area contributed by atoms with E-state index in [1.54, 1.807) is 34.4 Å². The largest absolute Gasteiger partial charge is 0.491 e. The van der Waals surface area contributed by atoms with E-state index < -0.39 is 0 Å². The molecule has 3 aromatic rings. The fourth-order valence-corrected chi connectivity index (χ4v) is 5.58. The fraction of sp³-hybridized carbons (Fsp3) is 0.333. The first-order valence-corrected chi connectivity index (χ1v) is 12.7. The summed E-state index contributed by atoms with van der Waals surface area (Å²) < 4.78 is 6.04. The molecule has 8 heteroatoms. The van der Waals surface area contributed by atoms with Gasteiger partial charge in [-0.3, -0.25) is 9.59 Å². The van der Waals surface area contributed by atoms with Crippen LogP contribution in [0.3, 0.4) is 0 Å². The fourth-order valence-electron chi connectivity index (χ4n) is 3.85. The van der Waals surface area contributed by atoms with E-state index in [4.69, 9.17) is 16.3 Å². The van der Waals surface area contributed by atoms with E-state index in [1.165, 1.54) is 16.2 Å². The zero-order valence-corrected chi connectivity index (χ0v) is 20.4. The number of nitrogens with zero attached hydrogens (tertiary/aromatic N) is 2. The maximum Gasteiger partial charge on any atom is 0.264 e. The van der Waals surface area contributed by atoms with Gasteiger partial charge in [-0.25, -0.2) is 0 Å². The molecular weight excluding hydrogens is 464 g/mol. The molecular formula is C24H25ClN2O3S2. The highest BCUT2D eigenvalue weighted by molar-refractivity contribution is 7.12. The van der Waals surface area contributed by atoms with Gasteiger partial charge in [0.25, 0.3) is 5.91 Å². The summed E-state index contributed by atoms with van der Waals surface area (Å²) in [6, 6.07) is 12.7. The Labute approximate surface area is 201 Å². The summed E-state index contributed by atoms with van der Waals surface area (Å²) in [6.07, 6.45) is 0.816. The van der Waals surface area contributed by atoms with Gasteiger partial charge in [-0.05, 0) is 73.0 Å². The van der Waals surface area contributed by atoms with Gasteiger partial charge in [-0.1, -0.05) is 17.7 Å². The predicted octanol–water partition coefficient (Wildman–Crippen LogP) is 5.52. The summed E-state index contributed by atoms with van der Waals surface area (Å²) in [5, 5.41) is 4.59. The number of benzene rings is 1. The molecule has 1 aliphatic heterocycles. The highest BCUT2D eigenvalue weighted by Crippen LogP contribution is 2.34. The maximum absolute atomic E-state index is 13.5. The number of hydrogen-bond acceptors (Lipinski definition) is 5. The van der Waals surface area contributed by atoms with Gasteiger partial charge in [0.05, 0.1) is 10.9 Å². The van der Waals surface area contributed by atoms with Crippen molar-refractivity contribution in [2.75, 3.05) is 19.7 Å². The summed E-state index contributed by atoms with van der Waals surface area (Å²) in [5.74, 6) is 0.538. The van der Waals surface area contributed by atoms with Crippen LogP contribution in [0.1, 0.15) is 40.0 Å². The molecule has 1 atom stereocenters. The first-order chi connectivity index (χ1) is 15.4. The Bertz CT molecular complexity index is 1060. The molecule has 0 fully saturated rings. The average molecular weight is 489 g/mol. The number of fused-ring (bicyclic) bond motifs is 1. The van der Waals surface area contributed by atoms with Crippen LogP contribution in [0.15, 0.2) is 53.2 Å². The van der Waals surface area contributed by atoms with Crippen LogP contribution in [0.5, 0.6) is 5.75 Å². The number of amides is 2. The van der Waals surface area contributed by atoms with Crippen LogP contribution in [0, 0.1) is 0 Å². The molecule has 0 saturated heterocycles. The smallest absolute Gasteiger partial charge is 0.264 e. The number of thiophene rings is 2. The molecule has 0 aliphatic carbocycles. The minimum atomic E-state index is -0.195. The van der Waals surface area contributed by atoms with Gasteiger partial charge in [0, 0.05) is 22.5 Å². The normalized spacial score (nSPS) is 15.5. The summed E-state index contributed by atoms with van der Waals surface area (Å²) in [7, 11) is 0. The first-order valence-electron chi connectivity index (χ1n) is 10.5. The van der Waals surface area contributed by atoms with Gasteiger partial charge in [0.2, 0.25) is 5.91 Å². The number of ether oxygens (including phenoxy) is 1. The Hall–Kier alpha value is -2.35. The van der Waals surface area contributed by atoms with Gasteiger partial charge >= 0.3 is 0 Å². The zero-order chi connectivity index (χ0) is 22.7. The van der Waals surface area contributed by atoms with E-state index in [0.29, 0.717) is 28.8 Å². The van der Waals surface area contributed by atoms with Gasteiger partial charge in [-0.15, -0.1) is 22.7 Å². The van der Waals surface area contributed by atoms with Crippen molar-refractivity contribution in [2.24, 2.45) is 0 Å². The van der Waals surface area contributed by atoms with Gasteiger partial charge < -0.3 is 14.5 Å². The van der Waals surface area contributed by atoms with Crippen molar-refractivity contribution in [1.82, 2.24) is 9.80 Å². The van der Waals surface area contributed by atoms with Crippen LogP contribution >= 0.6 is 34.3 Å². The van der Waals surface area contributed by atoms with Crippen LogP contribution in [0.2, 0.25) is 5.02 Å². The Morgan fingerprint density at radius 3 is 2.62 bits per heavy atom. The third-order valence-corrected chi connectivity index (χ3v) is 7.66. The number of rotatable bonds is 7. The van der Waals surface area contributed by atoms with E-state index in [-0.39, 0.29) is 30.4 Å². The molecule has 4 rings (SSSR count). The van der Waals surface area contributed by atoms with Crippen LogP contribution in [-0.4, -0.2) is 47.4 Å². The second kappa shape index (κ2) is 10.1. The number of carbonyl (C=O) groups excluding carboxylic acids is 2. The van der Waals surface area contributed by atoms with Gasteiger partial charge in [-0.2, -0.15) is 0 Å². The van der Waals surface area contributed by atoms with E-state index in [1.807, 2.05) is 42.3 Å². The molecule has 5 nitrogen and oxygen atoms in total. The van der Waals surface area contributed by atoms with E-state index in [9.17, 15) is 9.59 Å². The Morgan fingerprint density at radius 1 is 1.16 bits per heavy atom. The number of carbonyl (C=O) groups is 2. The third kappa shape index (κ3) is 5.00. The predicted molar refractivity (Wildman–Crippen MR) is 130 cm³/mol. The number of halogens is 1. The molecule has 0 radical (unpaired) electrons. The Kier molecular flexibility index (Phi) is 7.18. The highest BCUT2D eigenvalue weighted by atomic mass is 35.5. The summed E-state index contributed by atoms with van der Waals surface area (Å²) in [6.45, 7) is 4.88. The van der Waals surface area contributed by atoms with E-state index >= 15 is 0 Å². The van der Waals surface area contributed by atoms with Crippen LogP contribution in [0.4, 0.5) is 0 Å². The van der Waals surface area contributed by atoms with Crippen molar-refractivity contribution < 1.29 is 14.3 Å². The molecule has 2 amide bonds. The third-order valence-electron chi connectivity index (χ3n) is 5.56. The van der Waals surface area contributed by atoms with Crippen LogP contribution < -0.4 is 4.74 Å². The summed E-state index contributed by atoms with van der Waals surface area (Å²) in [5.41, 5.74) is 1.13. The lowest BCUT2D eigenvalue weighted by Gasteiger charge is -2.37. The molecule has 0 saturated carbocycles. The average Bonchev–Trinajstić information content (AvgIpc) is 3.48. The van der Waals surface area contributed by atoms with Crippen molar-refractivity contribution in [2.45, 2.75) is 32.4 Å². The second-order valence-electron chi connectivity index (χ2n) is 7.92. The van der Waals surface area contributed by atoms with Gasteiger partial charge in [0.1, 0.15) is 18.9 Å². The topological polar surface area (TPSA) is 49.9 Å². The highest BCUT2D eigenvalue weighted by Gasteiger charge is 2.34. The summed E-state index contributed by atoms with van der Waals surface area (Å²) >= 11 is 9.08. The molecule has 0 bridgehead atoms. The second-order valence-corrected chi connectivity index (χ2v) is 10.3. The first kappa shape index (κ1) is 22.8. The molecule has 1 aromatic carbocycles. The number of hydrogen-bond donors (Lipinski definition) is 0. The quantitative estimate of drug-likeness (QED) is 0.440. The van der Waals surface area contributed by atoms with Crippen LogP contribution in [-0.2, 0) is 11.2 Å². The lowest BCUT2D eigenvalue weighted by molar-refractivity contribution is -0.136. The summed E-state index contributed by atoms with van der Waals surface area (Å²) in [4.78, 5) is 31.9. The van der Waals surface area contributed by atoms with Crippen molar-refractivity contribution >= 4 is 46.1 Å². The Balaban J connectivity index is 1.52. The molecule has 3 heterocycles. The molecule has 168 valence electrons. The van der Waals surface area contributed by atoms with Crippen molar-refractivity contribution in [3.8, 4) is 5.75 Å². The molecule has 0 N–H and O–H groups in total. The molecule has 1 unspecified atom stereocenters. The molecule has 1 aliphatic rings. The molecule has 0 spiro atoms. The van der Waals surface area contributed by atoms with E-state index in [2.05, 4.69) is 11.4 Å². The van der Waals surface area contributed by atoms with Crippen molar-refractivity contribution in [3.05, 3.63) is 73.6 Å². The zero-order valence-electron chi connectivity index (χ0n) is 18.0. The Morgan fingerprint density at radius 2 is 1.94 bits per heavy atom. The lowest BCUT2D eigenvalue weighted by atomic mass is 10.0. The van der Waals surface area contributed by atoms with Crippen molar-refractivity contribution in [3.63, 3.8) is 0 Å². The standard InChI is InChI=1S/C24H25ClN2O3S2/c1-16(2)27(24(29)22-4-3-12-31-22)14-23(28)26-11-9-21-19(10-13-32-21)20(26)15-30-18-7-5-17(25)6-8-18/h3-8,10,12-13,16,20H,9,11,14-15H2,1-2H3. The molecule has 32 heavy (non-hydrogen) atoms. The SMILES string of the molecule is CC(C)N(CC(=O)N1CCc2sccc2C1COc1ccc(Cl)cc1)C(=O)c1cccs1. The van der Waals surface area contributed by atoms with E-state index in [0.717, 1.165) is 12.0 Å². The minimum absolute atomic E-state index is 0.0469. The van der Waals surface area contributed by atoms with Gasteiger partial charge in [0.15, 0.2) is 0 Å². The monoisotopic (exact) mass is 488 g/mol. The van der Waals surface area contributed by atoms with Crippen LogP contribution in [0.25, 0.3) is 0 Å². The van der Waals surface area contributed by atoms with Crippen molar-refractivity contribution in [1.29, 1.82) is 0 Å². The molecule has 2 aromatic heterocycles.